The highest BCUT2D eigenvalue weighted by Gasteiger charge is 2.00. The molecule has 1 atom stereocenters. The van der Waals surface area contributed by atoms with Crippen LogP contribution in [-0.4, -0.2) is 25.4 Å². The summed E-state index contributed by atoms with van der Waals surface area (Å²) in [5, 5.41) is 9.27. The first kappa shape index (κ1) is 11.0. The highest BCUT2D eigenvalue weighted by atomic mass is 16.5. The predicted molar refractivity (Wildman–Crippen MR) is 54.4 cm³/mol. The Morgan fingerprint density at radius 1 is 1.21 bits per heavy atom. The number of benzene rings is 1. The minimum atomic E-state index is -0.428. The van der Waals surface area contributed by atoms with E-state index < -0.39 is 6.10 Å². The quantitative estimate of drug-likeness (QED) is 0.729. The summed E-state index contributed by atoms with van der Waals surface area (Å²) in [6.45, 7) is 2.86. The molecule has 1 aromatic rings. The zero-order valence-electron chi connectivity index (χ0n) is 8.56. The number of hydrogen-bond donors (Lipinski definition) is 1. The molecule has 1 rings (SSSR count). The third kappa shape index (κ3) is 3.36. The molecule has 0 aromatic heterocycles. The molecule has 0 unspecified atom stereocenters. The van der Waals surface area contributed by atoms with Gasteiger partial charge >= 0.3 is 0 Å². The van der Waals surface area contributed by atoms with Crippen LogP contribution in [0.5, 0.6) is 5.75 Å². The van der Waals surface area contributed by atoms with Gasteiger partial charge in [0.15, 0.2) is 0 Å². The van der Waals surface area contributed by atoms with Crippen molar-refractivity contribution < 1.29 is 14.6 Å². The van der Waals surface area contributed by atoms with Gasteiger partial charge in [-0.25, -0.2) is 0 Å². The van der Waals surface area contributed by atoms with Crippen molar-refractivity contribution in [2.75, 3.05) is 20.3 Å². The first-order valence-electron chi connectivity index (χ1n) is 4.64. The molecular formula is C11H16O3. The van der Waals surface area contributed by atoms with Gasteiger partial charge in [-0.3, -0.25) is 0 Å². The van der Waals surface area contributed by atoms with Crippen molar-refractivity contribution in [3.63, 3.8) is 0 Å². The molecule has 0 fully saturated rings. The molecule has 0 radical (unpaired) electrons. The minimum absolute atomic E-state index is 0.428. The molecular weight excluding hydrogens is 180 g/mol. The summed E-state index contributed by atoms with van der Waals surface area (Å²) < 4.78 is 10.2. The second kappa shape index (κ2) is 5.62. The van der Waals surface area contributed by atoms with Crippen LogP contribution < -0.4 is 4.74 Å². The standard InChI is InChI=1S/C11H16O3/c1-9(12)10-3-5-11(6-4-10)14-8-7-13-2/h3-6,9,12H,7-8H2,1-2H3/t9-/m1/s1. The van der Waals surface area contributed by atoms with E-state index in [9.17, 15) is 5.11 Å². The summed E-state index contributed by atoms with van der Waals surface area (Å²) in [7, 11) is 1.64. The van der Waals surface area contributed by atoms with Crippen LogP contribution >= 0.6 is 0 Å². The van der Waals surface area contributed by atoms with E-state index >= 15 is 0 Å². The van der Waals surface area contributed by atoms with Crippen molar-refractivity contribution in [2.24, 2.45) is 0 Å². The van der Waals surface area contributed by atoms with Crippen molar-refractivity contribution in [3.05, 3.63) is 29.8 Å². The molecule has 0 aliphatic rings. The highest BCUT2D eigenvalue weighted by Crippen LogP contribution is 2.16. The van der Waals surface area contributed by atoms with Crippen molar-refractivity contribution in [1.82, 2.24) is 0 Å². The Bertz CT molecular complexity index is 254. The molecule has 0 amide bonds. The van der Waals surface area contributed by atoms with Crippen LogP contribution in [0.2, 0.25) is 0 Å². The highest BCUT2D eigenvalue weighted by molar-refractivity contribution is 5.28. The second-order valence-corrected chi connectivity index (χ2v) is 3.09. The number of hydrogen-bond acceptors (Lipinski definition) is 3. The zero-order chi connectivity index (χ0) is 10.4. The average Bonchev–Trinajstić information content (AvgIpc) is 2.19. The maximum absolute atomic E-state index is 9.27. The molecule has 0 aliphatic carbocycles. The molecule has 3 nitrogen and oxygen atoms in total. The molecule has 3 heteroatoms. The molecule has 0 spiro atoms. The van der Waals surface area contributed by atoms with Gasteiger partial charge in [0.05, 0.1) is 12.7 Å². The van der Waals surface area contributed by atoms with Crippen LogP contribution in [0.3, 0.4) is 0 Å². The van der Waals surface area contributed by atoms with Crippen LogP contribution in [-0.2, 0) is 4.74 Å². The first-order valence-corrected chi connectivity index (χ1v) is 4.64. The molecule has 0 bridgehead atoms. The summed E-state index contributed by atoms with van der Waals surface area (Å²) in [5.74, 6) is 0.798. The lowest BCUT2D eigenvalue weighted by Gasteiger charge is -2.07. The van der Waals surface area contributed by atoms with Crippen molar-refractivity contribution in [2.45, 2.75) is 13.0 Å². The Kier molecular flexibility index (Phi) is 4.43. The van der Waals surface area contributed by atoms with E-state index in [2.05, 4.69) is 0 Å². The Morgan fingerprint density at radius 3 is 2.36 bits per heavy atom. The lowest BCUT2D eigenvalue weighted by atomic mass is 10.1. The lowest BCUT2D eigenvalue weighted by Crippen LogP contribution is -2.04. The zero-order valence-corrected chi connectivity index (χ0v) is 8.56. The van der Waals surface area contributed by atoms with Crippen molar-refractivity contribution in [3.8, 4) is 5.75 Å². The summed E-state index contributed by atoms with van der Waals surface area (Å²) in [6, 6.07) is 7.40. The number of ether oxygens (including phenoxy) is 2. The first-order chi connectivity index (χ1) is 6.74. The van der Waals surface area contributed by atoms with Gasteiger partial charge in [0.2, 0.25) is 0 Å². The van der Waals surface area contributed by atoms with Crippen LogP contribution in [0.4, 0.5) is 0 Å². The van der Waals surface area contributed by atoms with Gasteiger partial charge in [-0.2, -0.15) is 0 Å². The van der Waals surface area contributed by atoms with Crippen LogP contribution in [0.15, 0.2) is 24.3 Å². The SMILES string of the molecule is COCCOc1ccc([C@@H](C)O)cc1. The number of aliphatic hydroxyl groups excluding tert-OH is 1. The van der Waals surface area contributed by atoms with Crippen molar-refractivity contribution in [1.29, 1.82) is 0 Å². The van der Waals surface area contributed by atoms with E-state index in [1.807, 2.05) is 24.3 Å². The molecule has 0 heterocycles. The Morgan fingerprint density at radius 2 is 1.86 bits per heavy atom. The molecule has 1 N–H and O–H groups in total. The predicted octanol–water partition coefficient (Wildman–Crippen LogP) is 1.77. The number of aliphatic hydroxyl groups is 1. The summed E-state index contributed by atoms with van der Waals surface area (Å²) in [4.78, 5) is 0. The van der Waals surface area contributed by atoms with Crippen molar-refractivity contribution >= 4 is 0 Å². The summed E-state index contributed by atoms with van der Waals surface area (Å²) >= 11 is 0. The summed E-state index contributed by atoms with van der Waals surface area (Å²) in [5.41, 5.74) is 0.893. The fourth-order valence-electron chi connectivity index (χ4n) is 1.09. The van der Waals surface area contributed by atoms with Gasteiger partial charge in [-0.05, 0) is 24.6 Å². The average molecular weight is 196 g/mol. The molecule has 78 valence electrons. The maximum atomic E-state index is 9.27. The molecule has 0 saturated carbocycles. The van der Waals surface area contributed by atoms with E-state index in [4.69, 9.17) is 9.47 Å². The van der Waals surface area contributed by atoms with Crippen LogP contribution in [0, 0.1) is 0 Å². The van der Waals surface area contributed by atoms with E-state index in [1.165, 1.54) is 0 Å². The fourth-order valence-corrected chi connectivity index (χ4v) is 1.09. The lowest BCUT2D eigenvalue weighted by molar-refractivity contribution is 0.146. The normalized spacial score (nSPS) is 12.5. The Balaban J connectivity index is 2.47. The van der Waals surface area contributed by atoms with Gasteiger partial charge in [0.25, 0.3) is 0 Å². The molecule has 1 aromatic carbocycles. The van der Waals surface area contributed by atoms with Gasteiger partial charge in [-0.1, -0.05) is 12.1 Å². The molecule has 14 heavy (non-hydrogen) atoms. The minimum Gasteiger partial charge on any atom is -0.491 e. The topological polar surface area (TPSA) is 38.7 Å². The van der Waals surface area contributed by atoms with Gasteiger partial charge < -0.3 is 14.6 Å². The summed E-state index contributed by atoms with van der Waals surface area (Å²) in [6.07, 6.45) is -0.428. The third-order valence-electron chi connectivity index (χ3n) is 1.92. The number of methoxy groups -OCH3 is 1. The van der Waals surface area contributed by atoms with E-state index in [-0.39, 0.29) is 0 Å². The maximum Gasteiger partial charge on any atom is 0.119 e. The molecule has 0 saturated heterocycles. The smallest absolute Gasteiger partial charge is 0.119 e. The second-order valence-electron chi connectivity index (χ2n) is 3.09. The Hall–Kier alpha value is -1.06. The van der Waals surface area contributed by atoms with E-state index in [1.54, 1.807) is 14.0 Å². The number of rotatable bonds is 5. The van der Waals surface area contributed by atoms with Crippen LogP contribution in [0.1, 0.15) is 18.6 Å². The van der Waals surface area contributed by atoms with Gasteiger partial charge in [0, 0.05) is 7.11 Å². The third-order valence-corrected chi connectivity index (χ3v) is 1.92. The van der Waals surface area contributed by atoms with Crippen LogP contribution in [0.25, 0.3) is 0 Å². The Labute approximate surface area is 84.3 Å². The van der Waals surface area contributed by atoms with Gasteiger partial charge in [0.1, 0.15) is 12.4 Å². The largest absolute Gasteiger partial charge is 0.491 e. The molecule has 0 aliphatic heterocycles. The fraction of sp³-hybridized carbons (Fsp3) is 0.455. The van der Waals surface area contributed by atoms with E-state index in [0.29, 0.717) is 13.2 Å². The monoisotopic (exact) mass is 196 g/mol. The van der Waals surface area contributed by atoms with E-state index in [0.717, 1.165) is 11.3 Å². The van der Waals surface area contributed by atoms with Gasteiger partial charge in [-0.15, -0.1) is 0 Å².